The van der Waals surface area contributed by atoms with Crippen molar-refractivity contribution < 1.29 is 19.4 Å². The zero-order chi connectivity index (χ0) is 13.0. The Kier molecular flexibility index (Phi) is 5.51. The second kappa shape index (κ2) is 5.70. The summed E-state index contributed by atoms with van der Waals surface area (Å²) in [5.74, 6) is -1.06. The third-order valence-electron chi connectivity index (χ3n) is 1.84. The molecule has 2 N–H and O–H groups in total. The first-order chi connectivity index (χ1) is 7.10. The molecule has 0 bridgehead atoms. The number of aliphatic carboxylic acids is 1. The largest absolute Gasteiger partial charge is 0.480 e. The summed E-state index contributed by atoms with van der Waals surface area (Å²) in [5, 5.41) is 11.4. The predicted molar refractivity (Wildman–Crippen MR) is 68.9 cm³/mol. The standard InChI is InChI=1S/C10H18INO4/c1-9(2,3)16-8(15)12-10(4,5-6-11)7(13)14/h5-6H2,1-4H3,(H,12,15)(H,13,14). The van der Waals surface area contributed by atoms with E-state index >= 15 is 0 Å². The minimum Gasteiger partial charge on any atom is -0.480 e. The fourth-order valence-corrected chi connectivity index (χ4v) is 2.02. The molecule has 0 saturated carbocycles. The van der Waals surface area contributed by atoms with Gasteiger partial charge in [0.1, 0.15) is 11.1 Å². The van der Waals surface area contributed by atoms with Crippen LogP contribution in [0.15, 0.2) is 0 Å². The Balaban J connectivity index is 4.53. The number of carbonyl (C=O) groups is 2. The lowest BCUT2D eigenvalue weighted by molar-refractivity contribution is -0.144. The van der Waals surface area contributed by atoms with Crippen LogP contribution in [0.2, 0.25) is 0 Å². The molecule has 0 spiro atoms. The normalized spacial score (nSPS) is 15.1. The van der Waals surface area contributed by atoms with Crippen molar-refractivity contribution in [2.45, 2.75) is 45.3 Å². The Bertz CT molecular complexity index is 274. The molecule has 0 aromatic heterocycles. The Morgan fingerprint density at radius 1 is 1.31 bits per heavy atom. The van der Waals surface area contributed by atoms with Gasteiger partial charge >= 0.3 is 12.1 Å². The molecule has 94 valence electrons. The number of alkyl carbamates (subject to hydrolysis) is 1. The van der Waals surface area contributed by atoms with Crippen molar-refractivity contribution >= 4 is 34.7 Å². The molecule has 0 aliphatic rings. The van der Waals surface area contributed by atoms with Gasteiger partial charge in [0.25, 0.3) is 0 Å². The van der Waals surface area contributed by atoms with Gasteiger partial charge in [0.05, 0.1) is 0 Å². The Labute approximate surface area is 109 Å². The van der Waals surface area contributed by atoms with Crippen LogP contribution in [0.4, 0.5) is 4.79 Å². The first kappa shape index (κ1) is 15.5. The maximum Gasteiger partial charge on any atom is 0.408 e. The molecule has 0 saturated heterocycles. The Morgan fingerprint density at radius 3 is 2.12 bits per heavy atom. The number of rotatable bonds is 4. The van der Waals surface area contributed by atoms with Gasteiger partial charge in [-0.15, -0.1) is 0 Å². The smallest absolute Gasteiger partial charge is 0.408 e. The van der Waals surface area contributed by atoms with Crippen molar-refractivity contribution in [1.82, 2.24) is 5.32 Å². The van der Waals surface area contributed by atoms with E-state index in [0.29, 0.717) is 10.8 Å². The molecule has 0 heterocycles. The zero-order valence-corrected chi connectivity index (χ0v) is 12.1. The van der Waals surface area contributed by atoms with E-state index in [1.54, 1.807) is 20.8 Å². The molecule has 0 aromatic rings. The van der Waals surface area contributed by atoms with Crippen LogP contribution < -0.4 is 5.32 Å². The molecule has 0 fully saturated rings. The van der Waals surface area contributed by atoms with Crippen LogP contribution in [0.5, 0.6) is 0 Å². The van der Waals surface area contributed by atoms with E-state index in [4.69, 9.17) is 9.84 Å². The highest BCUT2D eigenvalue weighted by Crippen LogP contribution is 2.14. The van der Waals surface area contributed by atoms with Crippen LogP contribution in [0, 0.1) is 0 Å². The number of amides is 1. The summed E-state index contributed by atoms with van der Waals surface area (Å²) < 4.78 is 5.65. The number of carbonyl (C=O) groups excluding carboxylic acids is 1. The number of carboxylic acids is 1. The number of alkyl halides is 1. The van der Waals surface area contributed by atoms with Gasteiger partial charge in [-0.05, 0) is 34.1 Å². The number of ether oxygens (including phenoxy) is 1. The minimum atomic E-state index is -1.27. The third kappa shape index (κ3) is 5.53. The van der Waals surface area contributed by atoms with Crippen molar-refractivity contribution in [3.8, 4) is 0 Å². The highest BCUT2D eigenvalue weighted by molar-refractivity contribution is 14.1. The fraction of sp³-hybridized carbons (Fsp3) is 0.800. The average molecular weight is 343 g/mol. The van der Waals surface area contributed by atoms with Gasteiger partial charge in [0, 0.05) is 4.43 Å². The summed E-state index contributed by atoms with van der Waals surface area (Å²) in [5.41, 5.74) is -1.91. The monoisotopic (exact) mass is 343 g/mol. The fourth-order valence-electron chi connectivity index (χ4n) is 0.941. The molecule has 16 heavy (non-hydrogen) atoms. The van der Waals surface area contributed by atoms with Gasteiger partial charge in [-0.2, -0.15) is 0 Å². The van der Waals surface area contributed by atoms with Crippen LogP contribution in [0.25, 0.3) is 0 Å². The molecule has 1 atom stereocenters. The molecule has 1 amide bonds. The van der Waals surface area contributed by atoms with Gasteiger partial charge in [0.2, 0.25) is 0 Å². The zero-order valence-electron chi connectivity index (χ0n) is 9.96. The number of hydrogen-bond donors (Lipinski definition) is 2. The highest BCUT2D eigenvalue weighted by Gasteiger charge is 2.35. The van der Waals surface area contributed by atoms with Crippen molar-refractivity contribution in [3.63, 3.8) is 0 Å². The Hall–Kier alpha value is -0.530. The summed E-state index contributed by atoms with van der Waals surface area (Å²) in [6.45, 7) is 6.65. The van der Waals surface area contributed by atoms with E-state index < -0.39 is 23.2 Å². The second-order valence-corrected chi connectivity index (χ2v) is 5.78. The molecule has 0 radical (unpaired) electrons. The second-order valence-electron chi connectivity index (χ2n) is 4.70. The summed E-state index contributed by atoms with van der Waals surface area (Å²) in [7, 11) is 0. The summed E-state index contributed by atoms with van der Waals surface area (Å²) >= 11 is 2.07. The highest BCUT2D eigenvalue weighted by atomic mass is 127. The molecule has 5 nitrogen and oxygen atoms in total. The lowest BCUT2D eigenvalue weighted by Crippen LogP contribution is -2.53. The third-order valence-corrected chi connectivity index (χ3v) is 2.38. The lowest BCUT2D eigenvalue weighted by atomic mass is 10.00. The topological polar surface area (TPSA) is 75.6 Å². The number of hydrogen-bond acceptors (Lipinski definition) is 3. The number of carboxylic acid groups (broad SMARTS) is 1. The van der Waals surface area contributed by atoms with Gasteiger partial charge in [-0.3, -0.25) is 0 Å². The van der Waals surface area contributed by atoms with Crippen molar-refractivity contribution in [1.29, 1.82) is 0 Å². The van der Waals surface area contributed by atoms with E-state index in [1.807, 2.05) is 0 Å². The molecular formula is C10H18INO4. The quantitative estimate of drug-likeness (QED) is 0.606. The van der Waals surface area contributed by atoms with Crippen molar-refractivity contribution in [2.75, 3.05) is 4.43 Å². The number of halogens is 1. The van der Waals surface area contributed by atoms with Crippen molar-refractivity contribution in [3.05, 3.63) is 0 Å². The van der Waals surface area contributed by atoms with E-state index in [2.05, 4.69) is 27.9 Å². The summed E-state index contributed by atoms with van der Waals surface area (Å²) in [6, 6.07) is 0. The lowest BCUT2D eigenvalue weighted by Gasteiger charge is -2.27. The average Bonchev–Trinajstić information content (AvgIpc) is 1.99. The minimum absolute atomic E-state index is 0.349. The van der Waals surface area contributed by atoms with E-state index in [-0.39, 0.29) is 0 Å². The van der Waals surface area contributed by atoms with E-state index in [0.717, 1.165) is 0 Å². The molecule has 1 unspecified atom stereocenters. The first-order valence-electron chi connectivity index (χ1n) is 4.91. The Morgan fingerprint density at radius 2 is 1.81 bits per heavy atom. The predicted octanol–water partition coefficient (Wildman–Crippen LogP) is 2.18. The number of nitrogens with one attached hydrogen (secondary N) is 1. The van der Waals surface area contributed by atoms with E-state index in [9.17, 15) is 9.59 Å². The van der Waals surface area contributed by atoms with Crippen LogP contribution in [-0.4, -0.2) is 32.7 Å². The van der Waals surface area contributed by atoms with Gasteiger partial charge in [-0.25, -0.2) is 9.59 Å². The SMILES string of the molecule is CC(C)(C)OC(=O)NC(C)(CCI)C(=O)O. The molecule has 0 rings (SSSR count). The van der Waals surface area contributed by atoms with Crippen LogP contribution in [0.1, 0.15) is 34.1 Å². The van der Waals surface area contributed by atoms with Gasteiger partial charge in [-0.1, -0.05) is 22.6 Å². The van der Waals surface area contributed by atoms with Gasteiger partial charge < -0.3 is 15.2 Å². The van der Waals surface area contributed by atoms with Crippen LogP contribution >= 0.6 is 22.6 Å². The maximum absolute atomic E-state index is 11.5. The first-order valence-corrected chi connectivity index (χ1v) is 6.44. The molecule has 0 aromatic carbocycles. The van der Waals surface area contributed by atoms with E-state index in [1.165, 1.54) is 6.92 Å². The van der Waals surface area contributed by atoms with Crippen LogP contribution in [-0.2, 0) is 9.53 Å². The summed E-state index contributed by atoms with van der Waals surface area (Å²) in [6.07, 6.45) is -0.357. The molecular weight excluding hydrogens is 325 g/mol. The molecule has 0 aliphatic carbocycles. The maximum atomic E-state index is 11.5. The van der Waals surface area contributed by atoms with Crippen LogP contribution in [0.3, 0.4) is 0 Å². The van der Waals surface area contributed by atoms with Crippen molar-refractivity contribution in [2.24, 2.45) is 0 Å². The molecule has 0 aliphatic heterocycles. The summed E-state index contributed by atoms with van der Waals surface area (Å²) in [4.78, 5) is 22.5. The van der Waals surface area contributed by atoms with Gasteiger partial charge in [0.15, 0.2) is 0 Å². The molecule has 6 heteroatoms.